The maximum Gasteiger partial charge on any atom is 0.264 e. The lowest BCUT2D eigenvalue weighted by molar-refractivity contribution is -0.140. The average molecular weight is 591 g/mol. The van der Waals surface area contributed by atoms with Gasteiger partial charge in [-0.05, 0) is 55.7 Å². The van der Waals surface area contributed by atoms with Crippen LogP contribution in [-0.4, -0.2) is 44.3 Å². The molecular weight excluding hydrogens is 557 g/mol. The van der Waals surface area contributed by atoms with E-state index in [9.17, 15) is 18.0 Å². The molecule has 0 aliphatic rings. The van der Waals surface area contributed by atoms with Crippen molar-refractivity contribution in [2.75, 3.05) is 17.4 Å². The minimum absolute atomic E-state index is 0.00151. The maximum atomic E-state index is 14.0. The van der Waals surface area contributed by atoms with Crippen molar-refractivity contribution in [2.45, 2.75) is 51.1 Å². The van der Waals surface area contributed by atoms with E-state index in [1.807, 2.05) is 45.0 Å². The van der Waals surface area contributed by atoms with Crippen LogP contribution in [-0.2, 0) is 26.2 Å². The molecule has 0 fully saturated rings. The van der Waals surface area contributed by atoms with Gasteiger partial charge in [-0.25, -0.2) is 8.42 Å². The first-order valence-corrected chi connectivity index (χ1v) is 14.9. The number of carbonyl (C=O) groups is 2. The van der Waals surface area contributed by atoms with Gasteiger partial charge in [-0.2, -0.15) is 0 Å². The van der Waals surface area contributed by atoms with E-state index in [2.05, 4.69) is 5.32 Å². The van der Waals surface area contributed by atoms with E-state index in [-0.39, 0.29) is 28.1 Å². The summed E-state index contributed by atoms with van der Waals surface area (Å²) in [6, 6.07) is 19.0. The molecule has 39 heavy (non-hydrogen) atoms. The molecule has 0 aromatic heterocycles. The van der Waals surface area contributed by atoms with Gasteiger partial charge in [0.05, 0.1) is 15.6 Å². The second-order valence-electron chi connectivity index (χ2n) is 9.14. The number of carbonyl (C=O) groups excluding carboxylic acids is 2. The zero-order valence-corrected chi connectivity index (χ0v) is 24.6. The van der Waals surface area contributed by atoms with E-state index in [0.29, 0.717) is 18.0 Å². The Bertz CT molecular complexity index is 1380. The third-order valence-corrected chi connectivity index (χ3v) is 8.51. The number of sulfonamides is 1. The second-order valence-corrected chi connectivity index (χ2v) is 11.8. The summed E-state index contributed by atoms with van der Waals surface area (Å²) in [5.41, 5.74) is 1.98. The van der Waals surface area contributed by atoms with Gasteiger partial charge in [-0.3, -0.25) is 13.9 Å². The summed E-state index contributed by atoms with van der Waals surface area (Å²) < 4.78 is 28.6. The Morgan fingerprint density at radius 3 is 2.21 bits per heavy atom. The molecule has 10 heteroatoms. The van der Waals surface area contributed by atoms with Crippen molar-refractivity contribution in [2.24, 2.45) is 0 Å². The quantitative estimate of drug-likeness (QED) is 0.288. The molecule has 0 unspecified atom stereocenters. The number of anilines is 1. The van der Waals surface area contributed by atoms with Gasteiger partial charge in [0.1, 0.15) is 12.6 Å². The first kappa shape index (κ1) is 30.5. The number of aryl methyl sites for hydroxylation is 1. The van der Waals surface area contributed by atoms with E-state index in [1.54, 1.807) is 18.2 Å². The zero-order valence-electron chi connectivity index (χ0n) is 22.2. The lowest BCUT2D eigenvalue weighted by Crippen LogP contribution is -2.52. The molecule has 7 nitrogen and oxygen atoms in total. The molecule has 0 saturated carbocycles. The van der Waals surface area contributed by atoms with Gasteiger partial charge in [-0.1, -0.05) is 85.1 Å². The largest absolute Gasteiger partial charge is 0.354 e. The summed E-state index contributed by atoms with van der Waals surface area (Å²) >= 11 is 12.5. The van der Waals surface area contributed by atoms with Gasteiger partial charge < -0.3 is 10.2 Å². The summed E-state index contributed by atoms with van der Waals surface area (Å²) in [6.45, 7) is 5.75. The molecule has 1 atom stereocenters. The standard InChI is InChI=1S/C29H33Cl2N3O4S/c1-4-17-32-29(36)26(5-2)33(19-22-13-11-21(3)12-14-22)28(35)20-34(27-16-15-23(30)18-25(27)31)39(37,38)24-9-7-6-8-10-24/h6-16,18,26H,4-5,17,19-20H2,1-3H3,(H,32,36)/t26-/m0/s1. The van der Waals surface area contributed by atoms with E-state index in [4.69, 9.17) is 23.2 Å². The molecule has 3 rings (SSSR count). The molecule has 0 saturated heterocycles. The molecule has 208 valence electrons. The Morgan fingerprint density at radius 2 is 1.62 bits per heavy atom. The predicted octanol–water partition coefficient (Wildman–Crippen LogP) is 5.83. The second kappa shape index (κ2) is 13.8. The Morgan fingerprint density at radius 1 is 0.949 bits per heavy atom. The number of hydrogen-bond acceptors (Lipinski definition) is 4. The number of amides is 2. The monoisotopic (exact) mass is 589 g/mol. The normalized spacial score (nSPS) is 12.0. The van der Waals surface area contributed by atoms with E-state index in [1.165, 1.54) is 35.2 Å². The van der Waals surface area contributed by atoms with Crippen molar-refractivity contribution < 1.29 is 18.0 Å². The molecule has 3 aromatic carbocycles. The topological polar surface area (TPSA) is 86.8 Å². The SMILES string of the molecule is CCCNC(=O)[C@H](CC)N(Cc1ccc(C)cc1)C(=O)CN(c1ccc(Cl)cc1Cl)S(=O)(=O)c1ccccc1. The Labute approximate surface area is 240 Å². The lowest BCUT2D eigenvalue weighted by Gasteiger charge is -2.33. The van der Waals surface area contributed by atoms with Crippen LogP contribution < -0.4 is 9.62 Å². The fourth-order valence-corrected chi connectivity index (χ4v) is 6.11. The lowest BCUT2D eigenvalue weighted by atomic mass is 10.1. The Balaban J connectivity index is 2.07. The summed E-state index contributed by atoms with van der Waals surface area (Å²) in [5.74, 6) is -0.832. The molecule has 1 N–H and O–H groups in total. The van der Waals surface area contributed by atoms with Crippen LogP contribution in [0.4, 0.5) is 5.69 Å². The molecule has 3 aromatic rings. The van der Waals surface area contributed by atoms with Crippen LogP contribution >= 0.6 is 23.2 Å². The number of benzene rings is 3. The van der Waals surface area contributed by atoms with Crippen molar-refractivity contribution in [1.29, 1.82) is 0 Å². The van der Waals surface area contributed by atoms with Crippen LogP contribution in [0.2, 0.25) is 10.0 Å². The van der Waals surface area contributed by atoms with Crippen molar-refractivity contribution in [3.05, 3.63) is 94.0 Å². The molecular formula is C29H33Cl2N3O4S. The molecule has 0 spiro atoms. The molecule has 0 radical (unpaired) electrons. The number of nitrogens with one attached hydrogen (secondary N) is 1. The summed E-state index contributed by atoms with van der Waals surface area (Å²) in [5, 5.41) is 3.27. The van der Waals surface area contributed by atoms with Gasteiger partial charge in [0.25, 0.3) is 10.0 Å². The van der Waals surface area contributed by atoms with Crippen LogP contribution in [0, 0.1) is 6.92 Å². The Hall–Kier alpha value is -3.07. The smallest absolute Gasteiger partial charge is 0.264 e. The van der Waals surface area contributed by atoms with Crippen LogP contribution in [0.25, 0.3) is 0 Å². The van der Waals surface area contributed by atoms with Gasteiger partial charge in [-0.15, -0.1) is 0 Å². The number of hydrogen-bond donors (Lipinski definition) is 1. The molecule has 0 heterocycles. The third-order valence-electron chi connectivity index (χ3n) is 6.20. The maximum absolute atomic E-state index is 14.0. The van der Waals surface area contributed by atoms with Crippen LogP contribution in [0.5, 0.6) is 0 Å². The average Bonchev–Trinajstić information content (AvgIpc) is 2.92. The first-order valence-electron chi connectivity index (χ1n) is 12.7. The van der Waals surface area contributed by atoms with E-state index >= 15 is 0 Å². The minimum Gasteiger partial charge on any atom is -0.354 e. The molecule has 0 aliphatic heterocycles. The number of rotatable bonds is 12. The van der Waals surface area contributed by atoms with Gasteiger partial charge in [0, 0.05) is 18.1 Å². The molecule has 2 amide bonds. The highest BCUT2D eigenvalue weighted by molar-refractivity contribution is 7.92. The van der Waals surface area contributed by atoms with Crippen LogP contribution in [0.1, 0.15) is 37.8 Å². The highest BCUT2D eigenvalue weighted by atomic mass is 35.5. The Kier molecular flexibility index (Phi) is 10.8. The van der Waals surface area contributed by atoms with E-state index in [0.717, 1.165) is 21.9 Å². The van der Waals surface area contributed by atoms with Crippen molar-refractivity contribution in [3.63, 3.8) is 0 Å². The number of nitrogens with zero attached hydrogens (tertiary/aromatic N) is 2. The fourth-order valence-electron chi connectivity index (χ4n) is 4.09. The van der Waals surface area contributed by atoms with Gasteiger partial charge in [0.2, 0.25) is 11.8 Å². The highest BCUT2D eigenvalue weighted by Gasteiger charge is 2.34. The summed E-state index contributed by atoms with van der Waals surface area (Å²) in [7, 11) is -4.21. The van der Waals surface area contributed by atoms with Gasteiger partial charge in [0.15, 0.2) is 0 Å². The van der Waals surface area contributed by atoms with Crippen molar-refractivity contribution in [1.82, 2.24) is 10.2 Å². The van der Waals surface area contributed by atoms with Crippen LogP contribution in [0.3, 0.4) is 0 Å². The third kappa shape index (κ3) is 7.75. The minimum atomic E-state index is -4.21. The molecule has 0 aliphatic carbocycles. The van der Waals surface area contributed by atoms with E-state index < -0.39 is 28.5 Å². The van der Waals surface area contributed by atoms with Crippen molar-refractivity contribution in [3.8, 4) is 0 Å². The first-order chi connectivity index (χ1) is 18.6. The fraction of sp³-hybridized carbons (Fsp3) is 0.310. The number of halogens is 2. The van der Waals surface area contributed by atoms with Crippen LogP contribution in [0.15, 0.2) is 77.7 Å². The molecule has 0 bridgehead atoms. The zero-order chi connectivity index (χ0) is 28.6. The van der Waals surface area contributed by atoms with Gasteiger partial charge >= 0.3 is 0 Å². The van der Waals surface area contributed by atoms with Crippen molar-refractivity contribution >= 4 is 50.7 Å². The highest BCUT2D eigenvalue weighted by Crippen LogP contribution is 2.33. The summed E-state index contributed by atoms with van der Waals surface area (Å²) in [4.78, 5) is 28.6. The summed E-state index contributed by atoms with van der Waals surface area (Å²) in [6.07, 6.45) is 1.09. The predicted molar refractivity (Wildman–Crippen MR) is 157 cm³/mol.